The molecule has 2 N–H and O–H groups in total. The smallest absolute Gasteiger partial charge is 0.344 e. The summed E-state index contributed by atoms with van der Waals surface area (Å²) in [5.74, 6) is -1.41. The van der Waals surface area contributed by atoms with Crippen molar-refractivity contribution in [2.75, 3.05) is 13.2 Å². The lowest BCUT2D eigenvalue weighted by Gasteiger charge is -2.30. The van der Waals surface area contributed by atoms with Gasteiger partial charge in [0.2, 0.25) is 0 Å². The van der Waals surface area contributed by atoms with E-state index >= 15 is 0 Å². The van der Waals surface area contributed by atoms with E-state index in [1.54, 1.807) is 17.0 Å². The van der Waals surface area contributed by atoms with Crippen molar-refractivity contribution in [3.05, 3.63) is 65.2 Å². The van der Waals surface area contributed by atoms with Crippen molar-refractivity contribution in [2.45, 2.75) is 26.0 Å². The average Bonchev–Trinajstić information content (AvgIpc) is 2.71. The van der Waals surface area contributed by atoms with Crippen LogP contribution in [-0.2, 0) is 27.3 Å². The van der Waals surface area contributed by atoms with Crippen LogP contribution in [0, 0.1) is 0 Å². The quantitative estimate of drug-likeness (QED) is 0.767. The summed E-state index contributed by atoms with van der Waals surface area (Å²) in [5, 5.41) is 0. The van der Waals surface area contributed by atoms with Gasteiger partial charge in [-0.25, -0.2) is 4.79 Å². The highest BCUT2D eigenvalue weighted by molar-refractivity contribution is 5.95. The van der Waals surface area contributed by atoms with Gasteiger partial charge in [-0.2, -0.15) is 0 Å². The molecule has 0 aromatic heterocycles. The van der Waals surface area contributed by atoms with Crippen molar-refractivity contribution in [3.63, 3.8) is 0 Å². The third kappa shape index (κ3) is 4.49. The minimum Gasteiger partial charge on any atom is -0.481 e. The predicted octanol–water partition coefficient (Wildman–Crippen LogP) is 1.68. The minimum atomic E-state index is -0.923. The Labute approximate surface area is 163 Å². The summed E-state index contributed by atoms with van der Waals surface area (Å²) in [6.07, 6.45) is -0.150. The van der Waals surface area contributed by atoms with E-state index in [4.69, 9.17) is 15.2 Å². The van der Waals surface area contributed by atoms with Crippen LogP contribution in [0.5, 0.6) is 5.75 Å². The van der Waals surface area contributed by atoms with Gasteiger partial charge in [0.15, 0.2) is 12.7 Å². The summed E-state index contributed by atoms with van der Waals surface area (Å²) in [6.45, 7) is 2.20. The Morgan fingerprint density at radius 3 is 2.50 bits per heavy atom. The van der Waals surface area contributed by atoms with E-state index in [9.17, 15) is 14.4 Å². The van der Waals surface area contributed by atoms with E-state index in [0.717, 1.165) is 12.0 Å². The Balaban J connectivity index is 1.53. The first-order valence-corrected chi connectivity index (χ1v) is 9.02. The second-order valence-corrected chi connectivity index (χ2v) is 6.56. The molecule has 1 heterocycles. The molecule has 0 spiro atoms. The number of ether oxygens (including phenoxy) is 2. The van der Waals surface area contributed by atoms with Gasteiger partial charge in [-0.05, 0) is 36.6 Å². The standard InChI is InChI=1S/C21H22N2O5/c1-14(21(26)23-11-10-15-6-2-3-7-16(15)12-23)28-19(24)13-27-18-9-5-4-8-17(18)20(22)25/h2-9,14H,10-13H2,1H3,(H2,22,25)/t14-/m0/s1. The lowest BCUT2D eigenvalue weighted by atomic mass is 9.99. The van der Waals surface area contributed by atoms with E-state index in [1.807, 2.05) is 18.2 Å². The van der Waals surface area contributed by atoms with Crippen LogP contribution < -0.4 is 10.5 Å². The third-order valence-electron chi connectivity index (χ3n) is 4.60. The Bertz CT molecular complexity index is 896. The fraction of sp³-hybridized carbons (Fsp3) is 0.286. The molecule has 1 aliphatic heterocycles. The van der Waals surface area contributed by atoms with Gasteiger partial charge in [0.1, 0.15) is 5.75 Å². The summed E-state index contributed by atoms with van der Waals surface area (Å²) in [6, 6.07) is 14.3. The van der Waals surface area contributed by atoms with Gasteiger partial charge in [0, 0.05) is 13.1 Å². The topological polar surface area (TPSA) is 98.9 Å². The molecule has 1 aliphatic rings. The lowest BCUT2D eigenvalue weighted by molar-refractivity contribution is -0.161. The van der Waals surface area contributed by atoms with Gasteiger partial charge in [-0.3, -0.25) is 9.59 Å². The first kappa shape index (κ1) is 19.4. The van der Waals surface area contributed by atoms with Crippen LogP contribution in [-0.4, -0.2) is 41.9 Å². The molecule has 0 unspecified atom stereocenters. The van der Waals surface area contributed by atoms with Crippen molar-refractivity contribution in [3.8, 4) is 5.75 Å². The van der Waals surface area contributed by atoms with Crippen molar-refractivity contribution in [2.24, 2.45) is 5.73 Å². The van der Waals surface area contributed by atoms with Crippen LogP contribution in [0.1, 0.15) is 28.4 Å². The number of para-hydroxylation sites is 1. The number of nitrogens with two attached hydrogens (primary N) is 1. The summed E-state index contributed by atoms with van der Waals surface area (Å²) in [5.41, 5.74) is 7.78. The molecular weight excluding hydrogens is 360 g/mol. The molecule has 7 nitrogen and oxygen atoms in total. The Kier molecular flexibility index (Phi) is 5.93. The highest BCUT2D eigenvalue weighted by Crippen LogP contribution is 2.20. The molecule has 0 saturated carbocycles. The van der Waals surface area contributed by atoms with Crippen LogP contribution in [0.4, 0.5) is 0 Å². The fourth-order valence-electron chi connectivity index (χ4n) is 3.16. The van der Waals surface area contributed by atoms with Crippen molar-refractivity contribution < 1.29 is 23.9 Å². The number of nitrogens with zero attached hydrogens (tertiary/aromatic N) is 1. The largest absolute Gasteiger partial charge is 0.481 e. The van der Waals surface area contributed by atoms with E-state index in [2.05, 4.69) is 6.07 Å². The van der Waals surface area contributed by atoms with Crippen LogP contribution in [0.3, 0.4) is 0 Å². The van der Waals surface area contributed by atoms with Gasteiger partial charge in [-0.15, -0.1) is 0 Å². The summed E-state index contributed by atoms with van der Waals surface area (Å²) < 4.78 is 10.5. The number of hydrogen-bond donors (Lipinski definition) is 1. The summed E-state index contributed by atoms with van der Waals surface area (Å²) in [7, 11) is 0. The number of esters is 1. The maximum absolute atomic E-state index is 12.6. The van der Waals surface area contributed by atoms with E-state index in [1.165, 1.54) is 24.6 Å². The Morgan fingerprint density at radius 2 is 1.75 bits per heavy atom. The van der Waals surface area contributed by atoms with Crippen molar-refractivity contribution in [1.82, 2.24) is 4.90 Å². The molecule has 0 fully saturated rings. The van der Waals surface area contributed by atoms with Gasteiger partial charge in [0.25, 0.3) is 11.8 Å². The molecule has 2 aromatic rings. The first-order chi connectivity index (χ1) is 13.5. The molecule has 3 rings (SSSR count). The molecular formula is C21H22N2O5. The zero-order chi connectivity index (χ0) is 20.1. The number of rotatable bonds is 6. The van der Waals surface area contributed by atoms with Crippen molar-refractivity contribution >= 4 is 17.8 Å². The molecule has 7 heteroatoms. The predicted molar refractivity (Wildman–Crippen MR) is 102 cm³/mol. The summed E-state index contributed by atoms with van der Waals surface area (Å²) in [4.78, 5) is 37.7. The molecule has 28 heavy (non-hydrogen) atoms. The van der Waals surface area contributed by atoms with E-state index < -0.39 is 24.6 Å². The number of hydrogen-bond acceptors (Lipinski definition) is 5. The highest BCUT2D eigenvalue weighted by Gasteiger charge is 2.27. The molecule has 1 atom stereocenters. The highest BCUT2D eigenvalue weighted by atomic mass is 16.6. The SMILES string of the molecule is C[C@H](OC(=O)COc1ccccc1C(N)=O)C(=O)N1CCc2ccccc2C1. The van der Waals surface area contributed by atoms with Gasteiger partial charge in [-0.1, -0.05) is 36.4 Å². The number of amides is 2. The number of carbonyl (C=O) groups excluding carboxylic acids is 3. The van der Waals surface area contributed by atoms with Gasteiger partial charge in [0.05, 0.1) is 5.56 Å². The average molecular weight is 382 g/mol. The van der Waals surface area contributed by atoms with Crippen LogP contribution in [0.25, 0.3) is 0 Å². The molecule has 0 saturated heterocycles. The minimum absolute atomic E-state index is 0.173. The monoisotopic (exact) mass is 382 g/mol. The lowest BCUT2D eigenvalue weighted by Crippen LogP contribution is -2.43. The molecule has 0 bridgehead atoms. The normalized spacial score (nSPS) is 14.0. The zero-order valence-corrected chi connectivity index (χ0v) is 15.6. The molecule has 2 amide bonds. The maximum Gasteiger partial charge on any atom is 0.344 e. The Morgan fingerprint density at radius 1 is 1.07 bits per heavy atom. The van der Waals surface area contributed by atoms with E-state index in [-0.39, 0.29) is 17.2 Å². The van der Waals surface area contributed by atoms with Crippen LogP contribution in [0.15, 0.2) is 48.5 Å². The third-order valence-corrected chi connectivity index (χ3v) is 4.60. The maximum atomic E-state index is 12.6. The van der Waals surface area contributed by atoms with Crippen LogP contribution in [0.2, 0.25) is 0 Å². The van der Waals surface area contributed by atoms with Crippen LogP contribution >= 0.6 is 0 Å². The number of carbonyl (C=O) groups is 3. The molecule has 2 aromatic carbocycles. The number of primary amides is 1. The number of fused-ring (bicyclic) bond motifs is 1. The molecule has 146 valence electrons. The van der Waals surface area contributed by atoms with Gasteiger partial charge < -0.3 is 20.1 Å². The Hall–Kier alpha value is -3.35. The first-order valence-electron chi connectivity index (χ1n) is 9.02. The second-order valence-electron chi connectivity index (χ2n) is 6.56. The summed E-state index contributed by atoms with van der Waals surface area (Å²) >= 11 is 0. The van der Waals surface area contributed by atoms with Gasteiger partial charge >= 0.3 is 5.97 Å². The second kappa shape index (κ2) is 8.56. The molecule has 0 radical (unpaired) electrons. The van der Waals surface area contributed by atoms with E-state index in [0.29, 0.717) is 13.1 Å². The number of benzene rings is 2. The zero-order valence-electron chi connectivity index (χ0n) is 15.6. The fourth-order valence-corrected chi connectivity index (χ4v) is 3.16. The molecule has 0 aliphatic carbocycles. The van der Waals surface area contributed by atoms with Crippen molar-refractivity contribution in [1.29, 1.82) is 0 Å².